The number of hydrogen-bond acceptors (Lipinski definition) is 5. The summed E-state index contributed by atoms with van der Waals surface area (Å²) in [7, 11) is 0. The van der Waals surface area contributed by atoms with Crippen LogP contribution in [-0.2, 0) is 23.7 Å². The van der Waals surface area contributed by atoms with Crippen molar-refractivity contribution < 1.29 is 23.7 Å². The highest BCUT2D eigenvalue weighted by Crippen LogP contribution is 2.40. The normalized spacial score (nSPS) is 47.3. The van der Waals surface area contributed by atoms with Gasteiger partial charge in [-0.15, -0.1) is 0 Å². The summed E-state index contributed by atoms with van der Waals surface area (Å²) in [5.41, 5.74) is 0. The molecule has 3 aliphatic rings. The average molecular weight is 244 g/mol. The van der Waals surface area contributed by atoms with Gasteiger partial charge in [0.05, 0.1) is 13.2 Å². The molecule has 0 amide bonds. The molecule has 3 saturated heterocycles. The van der Waals surface area contributed by atoms with E-state index < -0.39 is 11.6 Å². The van der Waals surface area contributed by atoms with E-state index in [4.69, 9.17) is 23.7 Å². The summed E-state index contributed by atoms with van der Waals surface area (Å²) in [4.78, 5) is 0. The first-order chi connectivity index (χ1) is 7.86. The maximum atomic E-state index is 5.77. The van der Waals surface area contributed by atoms with E-state index in [2.05, 4.69) is 0 Å². The zero-order chi connectivity index (χ0) is 12.3. The van der Waals surface area contributed by atoms with Crippen LogP contribution in [0.3, 0.4) is 0 Å². The van der Waals surface area contributed by atoms with Crippen molar-refractivity contribution in [1.29, 1.82) is 0 Å². The van der Waals surface area contributed by atoms with Crippen LogP contribution < -0.4 is 0 Å². The third kappa shape index (κ3) is 2.35. The Bertz CT molecular complexity index is 284. The summed E-state index contributed by atoms with van der Waals surface area (Å²) in [5.74, 6) is -0.985. The minimum absolute atomic E-state index is 0.0160. The topological polar surface area (TPSA) is 49.5 Å². The second kappa shape index (κ2) is 3.65. The Hall–Kier alpha value is -0.200. The van der Waals surface area contributed by atoms with Crippen LogP contribution in [0.15, 0.2) is 0 Å². The van der Waals surface area contributed by atoms with Crippen LogP contribution >= 0.6 is 0 Å². The summed E-state index contributed by atoms with van der Waals surface area (Å²) in [6, 6.07) is 0. The Labute approximate surface area is 101 Å². The molecule has 0 aromatic rings. The van der Waals surface area contributed by atoms with Gasteiger partial charge in [-0.3, -0.25) is 0 Å². The molecule has 3 heterocycles. The standard InChI is InChI=1S/C12H20O5/c1-11(2)13-5-7(16-11)9-10(15-9)8-6-14-12(3,4)17-8/h7-10H,5-6H2,1-4H3/t7-,8-,9-,10+/m1/s1. The molecule has 5 heteroatoms. The number of hydrogen-bond donors (Lipinski definition) is 0. The monoisotopic (exact) mass is 244 g/mol. The molecule has 0 aliphatic carbocycles. The van der Waals surface area contributed by atoms with Crippen LogP contribution in [0, 0.1) is 0 Å². The molecule has 98 valence electrons. The molecule has 0 N–H and O–H groups in total. The predicted molar refractivity (Wildman–Crippen MR) is 58.5 cm³/mol. The second-order valence-electron chi connectivity index (χ2n) is 5.80. The molecule has 5 nitrogen and oxygen atoms in total. The van der Waals surface area contributed by atoms with E-state index in [0.717, 1.165) is 0 Å². The molecule has 0 aromatic carbocycles. The van der Waals surface area contributed by atoms with E-state index in [9.17, 15) is 0 Å². The fraction of sp³-hybridized carbons (Fsp3) is 1.00. The smallest absolute Gasteiger partial charge is 0.163 e. The summed E-state index contributed by atoms with van der Waals surface area (Å²) < 4.78 is 28.3. The van der Waals surface area contributed by atoms with Crippen LogP contribution in [0.25, 0.3) is 0 Å². The van der Waals surface area contributed by atoms with Crippen molar-refractivity contribution in [2.45, 2.75) is 63.7 Å². The van der Waals surface area contributed by atoms with Crippen molar-refractivity contribution in [2.24, 2.45) is 0 Å². The maximum absolute atomic E-state index is 5.77. The van der Waals surface area contributed by atoms with Crippen molar-refractivity contribution in [2.75, 3.05) is 13.2 Å². The van der Waals surface area contributed by atoms with Crippen LogP contribution in [-0.4, -0.2) is 49.2 Å². The molecule has 3 fully saturated rings. The first kappa shape index (κ1) is 11.9. The van der Waals surface area contributed by atoms with Gasteiger partial charge in [-0.1, -0.05) is 0 Å². The van der Waals surface area contributed by atoms with E-state index in [1.165, 1.54) is 0 Å². The minimum Gasteiger partial charge on any atom is -0.364 e. The first-order valence-electron chi connectivity index (χ1n) is 6.15. The Kier molecular flexibility index (Phi) is 2.55. The van der Waals surface area contributed by atoms with Gasteiger partial charge in [0.1, 0.15) is 24.4 Å². The Morgan fingerprint density at radius 2 is 1.18 bits per heavy atom. The number of ether oxygens (including phenoxy) is 5. The Morgan fingerprint density at radius 1 is 0.765 bits per heavy atom. The molecule has 0 aromatic heterocycles. The second-order valence-corrected chi connectivity index (χ2v) is 5.80. The predicted octanol–water partition coefficient (Wildman–Crippen LogP) is 1.06. The lowest BCUT2D eigenvalue weighted by Crippen LogP contribution is -2.30. The highest BCUT2D eigenvalue weighted by molar-refractivity contribution is 5.00. The Balaban J connectivity index is 1.54. The first-order valence-corrected chi connectivity index (χ1v) is 6.15. The van der Waals surface area contributed by atoms with Gasteiger partial charge < -0.3 is 23.7 Å². The Morgan fingerprint density at radius 3 is 1.47 bits per heavy atom. The average Bonchev–Trinajstić information content (AvgIpc) is 2.81. The molecular weight excluding hydrogens is 224 g/mol. The van der Waals surface area contributed by atoms with Gasteiger partial charge in [-0.2, -0.15) is 0 Å². The van der Waals surface area contributed by atoms with Crippen LogP contribution in [0.4, 0.5) is 0 Å². The SMILES string of the molecule is CC1(C)OC[C@H]([C@@H]2O[C@@H]2[C@H]2COC(C)(C)O2)O1. The van der Waals surface area contributed by atoms with E-state index >= 15 is 0 Å². The summed E-state index contributed by atoms with van der Waals surface area (Å²) in [6.45, 7) is 8.85. The van der Waals surface area contributed by atoms with Crippen molar-refractivity contribution in [3.8, 4) is 0 Å². The van der Waals surface area contributed by atoms with Gasteiger partial charge in [0.25, 0.3) is 0 Å². The lowest BCUT2D eigenvalue weighted by atomic mass is 10.1. The van der Waals surface area contributed by atoms with Crippen molar-refractivity contribution in [3.05, 3.63) is 0 Å². The van der Waals surface area contributed by atoms with Gasteiger partial charge in [0.15, 0.2) is 11.6 Å². The molecule has 4 atom stereocenters. The largest absolute Gasteiger partial charge is 0.364 e. The van der Waals surface area contributed by atoms with Crippen LogP contribution in [0.1, 0.15) is 27.7 Å². The third-order valence-corrected chi connectivity index (χ3v) is 3.36. The van der Waals surface area contributed by atoms with Gasteiger partial charge in [-0.25, -0.2) is 0 Å². The fourth-order valence-electron chi connectivity index (χ4n) is 2.49. The molecular formula is C12H20O5. The molecule has 0 spiro atoms. The van der Waals surface area contributed by atoms with E-state index in [0.29, 0.717) is 13.2 Å². The third-order valence-electron chi connectivity index (χ3n) is 3.36. The van der Waals surface area contributed by atoms with Gasteiger partial charge in [0.2, 0.25) is 0 Å². The van der Waals surface area contributed by atoms with Gasteiger partial charge >= 0.3 is 0 Å². The number of epoxide rings is 1. The molecule has 3 aliphatic heterocycles. The highest BCUT2D eigenvalue weighted by atomic mass is 16.8. The summed E-state index contributed by atoms with van der Waals surface area (Å²) >= 11 is 0. The molecule has 0 radical (unpaired) electrons. The van der Waals surface area contributed by atoms with Gasteiger partial charge in [-0.05, 0) is 27.7 Å². The van der Waals surface area contributed by atoms with Crippen molar-refractivity contribution in [3.63, 3.8) is 0 Å². The lowest BCUT2D eigenvalue weighted by Gasteiger charge is -2.17. The van der Waals surface area contributed by atoms with Crippen molar-refractivity contribution >= 4 is 0 Å². The minimum atomic E-state index is -0.493. The van der Waals surface area contributed by atoms with Crippen LogP contribution in [0.5, 0.6) is 0 Å². The van der Waals surface area contributed by atoms with Crippen LogP contribution in [0.2, 0.25) is 0 Å². The molecule has 3 rings (SSSR count). The van der Waals surface area contributed by atoms with E-state index in [-0.39, 0.29) is 24.4 Å². The zero-order valence-corrected chi connectivity index (χ0v) is 10.8. The summed E-state index contributed by atoms with van der Waals surface area (Å²) in [6.07, 6.45) is 0.197. The molecule has 0 unspecified atom stereocenters. The van der Waals surface area contributed by atoms with E-state index in [1.807, 2.05) is 27.7 Å². The van der Waals surface area contributed by atoms with E-state index in [1.54, 1.807) is 0 Å². The molecule has 0 bridgehead atoms. The quantitative estimate of drug-likeness (QED) is 0.680. The van der Waals surface area contributed by atoms with Crippen molar-refractivity contribution in [1.82, 2.24) is 0 Å². The molecule has 0 saturated carbocycles. The summed E-state index contributed by atoms with van der Waals surface area (Å²) in [5, 5.41) is 0. The zero-order valence-electron chi connectivity index (χ0n) is 10.8. The lowest BCUT2D eigenvalue weighted by molar-refractivity contribution is -0.142. The number of rotatable bonds is 2. The molecule has 17 heavy (non-hydrogen) atoms. The maximum Gasteiger partial charge on any atom is 0.163 e. The van der Waals surface area contributed by atoms with Gasteiger partial charge in [0, 0.05) is 0 Å². The fourth-order valence-corrected chi connectivity index (χ4v) is 2.49. The highest BCUT2D eigenvalue weighted by Gasteiger charge is 2.56.